The van der Waals surface area contributed by atoms with E-state index in [2.05, 4.69) is 18.3 Å². The Hall–Kier alpha value is -0.890. The topological polar surface area (TPSA) is 12.0 Å². The highest BCUT2D eigenvalue weighted by molar-refractivity contribution is 5.26. The van der Waals surface area contributed by atoms with E-state index in [9.17, 15) is 4.39 Å². The summed E-state index contributed by atoms with van der Waals surface area (Å²) in [4.78, 5) is 0. The minimum Gasteiger partial charge on any atom is -0.310 e. The van der Waals surface area contributed by atoms with Crippen LogP contribution in [0.1, 0.15) is 56.2 Å². The first-order valence-electron chi connectivity index (χ1n) is 7.19. The summed E-state index contributed by atoms with van der Waals surface area (Å²) in [6, 6.07) is 5.74. The van der Waals surface area contributed by atoms with E-state index in [0.29, 0.717) is 6.04 Å². The van der Waals surface area contributed by atoms with Crippen molar-refractivity contribution in [2.24, 2.45) is 5.92 Å². The molecule has 0 heterocycles. The van der Waals surface area contributed by atoms with E-state index < -0.39 is 0 Å². The summed E-state index contributed by atoms with van der Waals surface area (Å²) in [5.41, 5.74) is 2.13. The maximum absolute atomic E-state index is 13.5. The van der Waals surface area contributed by atoms with Crippen molar-refractivity contribution in [2.45, 2.75) is 52.0 Å². The monoisotopic (exact) mass is 249 g/mol. The number of hydrogen-bond donors (Lipinski definition) is 1. The molecule has 1 fully saturated rings. The molecule has 1 aliphatic rings. The van der Waals surface area contributed by atoms with Crippen LogP contribution in [0.25, 0.3) is 0 Å². The van der Waals surface area contributed by atoms with E-state index in [0.717, 1.165) is 36.4 Å². The smallest absolute Gasteiger partial charge is 0.123 e. The van der Waals surface area contributed by atoms with Crippen LogP contribution in [-0.4, -0.2) is 6.54 Å². The fraction of sp³-hybridized carbons (Fsp3) is 0.625. The Morgan fingerprint density at radius 2 is 2.11 bits per heavy atom. The van der Waals surface area contributed by atoms with Crippen LogP contribution < -0.4 is 5.32 Å². The lowest BCUT2D eigenvalue weighted by atomic mass is 9.79. The molecule has 2 heteroatoms. The van der Waals surface area contributed by atoms with Crippen LogP contribution in [-0.2, 0) is 0 Å². The van der Waals surface area contributed by atoms with Gasteiger partial charge in [0.2, 0.25) is 0 Å². The molecule has 1 unspecified atom stereocenters. The Kier molecular flexibility index (Phi) is 4.76. The van der Waals surface area contributed by atoms with Gasteiger partial charge in [0.15, 0.2) is 0 Å². The van der Waals surface area contributed by atoms with Gasteiger partial charge in [-0.2, -0.15) is 0 Å². The Morgan fingerprint density at radius 3 is 2.67 bits per heavy atom. The molecular weight excluding hydrogens is 225 g/mol. The first kappa shape index (κ1) is 13.5. The molecule has 1 N–H and O–H groups in total. The maximum Gasteiger partial charge on any atom is 0.123 e. The molecular formula is C16H24FN. The van der Waals surface area contributed by atoms with Crippen LogP contribution in [0.4, 0.5) is 4.39 Å². The second-order valence-electron chi connectivity index (χ2n) is 5.60. The molecule has 2 rings (SSSR count). The zero-order valence-corrected chi connectivity index (χ0v) is 11.5. The average Bonchev–Trinajstić information content (AvgIpc) is 2.25. The zero-order chi connectivity index (χ0) is 13.0. The summed E-state index contributed by atoms with van der Waals surface area (Å²) in [6.07, 6.45) is 6.34. The third-order valence-electron chi connectivity index (χ3n) is 3.90. The van der Waals surface area contributed by atoms with Crippen molar-refractivity contribution >= 4 is 0 Å². The molecule has 0 aliphatic heterocycles. The van der Waals surface area contributed by atoms with Crippen molar-refractivity contribution < 1.29 is 4.39 Å². The van der Waals surface area contributed by atoms with Gasteiger partial charge in [-0.05, 0) is 55.5 Å². The van der Waals surface area contributed by atoms with E-state index in [1.807, 2.05) is 6.92 Å². The number of halogens is 1. The number of aryl methyl sites for hydroxylation is 1. The zero-order valence-electron chi connectivity index (χ0n) is 11.5. The summed E-state index contributed by atoms with van der Waals surface area (Å²) in [6.45, 7) is 5.14. The Balaban J connectivity index is 2.09. The van der Waals surface area contributed by atoms with Crippen molar-refractivity contribution in [3.8, 4) is 0 Å². The minimum atomic E-state index is -0.109. The van der Waals surface area contributed by atoms with Gasteiger partial charge in [-0.25, -0.2) is 4.39 Å². The molecule has 0 bridgehead atoms. The molecule has 0 saturated heterocycles. The lowest BCUT2D eigenvalue weighted by molar-refractivity contribution is 0.261. The number of hydrogen-bond acceptors (Lipinski definition) is 1. The van der Waals surface area contributed by atoms with Crippen LogP contribution in [0.5, 0.6) is 0 Å². The first-order chi connectivity index (χ1) is 8.69. The molecule has 1 atom stereocenters. The van der Waals surface area contributed by atoms with Crippen molar-refractivity contribution in [2.75, 3.05) is 6.54 Å². The minimum absolute atomic E-state index is 0.109. The molecule has 0 amide bonds. The van der Waals surface area contributed by atoms with Crippen molar-refractivity contribution in [1.82, 2.24) is 5.32 Å². The molecule has 0 radical (unpaired) electrons. The second kappa shape index (κ2) is 6.33. The van der Waals surface area contributed by atoms with Gasteiger partial charge in [0, 0.05) is 6.04 Å². The van der Waals surface area contributed by atoms with Gasteiger partial charge >= 0.3 is 0 Å². The normalized spacial score (nSPS) is 17.5. The van der Waals surface area contributed by atoms with Crippen molar-refractivity contribution in [3.63, 3.8) is 0 Å². The predicted molar refractivity (Wildman–Crippen MR) is 74.1 cm³/mol. The summed E-state index contributed by atoms with van der Waals surface area (Å²) in [5, 5.41) is 3.57. The SMILES string of the molecule is CCCNC(CC1CCC1)c1cc(C)cc(F)c1. The molecule has 1 saturated carbocycles. The fourth-order valence-corrected chi connectivity index (χ4v) is 2.68. The van der Waals surface area contributed by atoms with E-state index in [1.165, 1.54) is 19.3 Å². The van der Waals surface area contributed by atoms with Gasteiger partial charge in [0.05, 0.1) is 0 Å². The van der Waals surface area contributed by atoms with Crippen molar-refractivity contribution in [3.05, 3.63) is 35.1 Å². The fourth-order valence-electron chi connectivity index (χ4n) is 2.68. The lowest BCUT2D eigenvalue weighted by Crippen LogP contribution is -2.26. The van der Waals surface area contributed by atoms with Crippen molar-refractivity contribution in [1.29, 1.82) is 0 Å². The van der Waals surface area contributed by atoms with E-state index in [1.54, 1.807) is 12.1 Å². The Labute approximate surface area is 110 Å². The molecule has 18 heavy (non-hydrogen) atoms. The van der Waals surface area contributed by atoms with Gasteiger partial charge < -0.3 is 5.32 Å². The third-order valence-corrected chi connectivity index (χ3v) is 3.90. The van der Waals surface area contributed by atoms with Crippen LogP contribution >= 0.6 is 0 Å². The third kappa shape index (κ3) is 3.55. The number of rotatable bonds is 6. The second-order valence-corrected chi connectivity index (χ2v) is 5.60. The van der Waals surface area contributed by atoms with Gasteiger partial charge in [0.1, 0.15) is 5.82 Å². The lowest BCUT2D eigenvalue weighted by Gasteiger charge is -2.30. The van der Waals surface area contributed by atoms with Gasteiger partial charge in [-0.15, -0.1) is 0 Å². The molecule has 0 spiro atoms. The summed E-state index contributed by atoms with van der Waals surface area (Å²) in [5.74, 6) is 0.727. The molecule has 100 valence electrons. The van der Waals surface area contributed by atoms with Gasteiger partial charge in [0.25, 0.3) is 0 Å². The highest BCUT2D eigenvalue weighted by Gasteiger charge is 2.23. The van der Waals surface area contributed by atoms with E-state index >= 15 is 0 Å². The number of nitrogens with one attached hydrogen (secondary N) is 1. The maximum atomic E-state index is 13.5. The molecule has 1 aromatic carbocycles. The Morgan fingerprint density at radius 1 is 1.33 bits per heavy atom. The standard InChI is InChI=1S/C16H24FN/c1-3-7-18-16(10-13-5-4-6-13)14-8-12(2)9-15(17)11-14/h8-9,11,13,16,18H,3-7,10H2,1-2H3. The molecule has 1 aromatic rings. The van der Waals surface area contributed by atoms with E-state index in [-0.39, 0.29) is 5.82 Å². The predicted octanol–water partition coefficient (Wildman–Crippen LogP) is 4.37. The van der Waals surface area contributed by atoms with Crippen LogP contribution in [0.3, 0.4) is 0 Å². The highest BCUT2D eigenvalue weighted by Crippen LogP contribution is 2.35. The summed E-state index contributed by atoms with van der Waals surface area (Å²) < 4.78 is 13.5. The van der Waals surface area contributed by atoms with Crippen LogP contribution in [0.15, 0.2) is 18.2 Å². The highest BCUT2D eigenvalue weighted by atomic mass is 19.1. The number of benzene rings is 1. The molecule has 0 aromatic heterocycles. The van der Waals surface area contributed by atoms with Gasteiger partial charge in [-0.1, -0.05) is 32.3 Å². The first-order valence-corrected chi connectivity index (χ1v) is 7.19. The molecule has 1 nitrogen and oxygen atoms in total. The van der Waals surface area contributed by atoms with E-state index in [4.69, 9.17) is 0 Å². The average molecular weight is 249 g/mol. The van der Waals surface area contributed by atoms with Gasteiger partial charge in [-0.3, -0.25) is 0 Å². The van der Waals surface area contributed by atoms with Crippen LogP contribution in [0, 0.1) is 18.7 Å². The Bertz CT molecular complexity index is 364. The van der Waals surface area contributed by atoms with Crippen LogP contribution in [0.2, 0.25) is 0 Å². The quantitative estimate of drug-likeness (QED) is 0.789. The molecule has 1 aliphatic carbocycles. The largest absolute Gasteiger partial charge is 0.310 e. The summed E-state index contributed by atoms with van der Waals surface area (Å²) in [7, 11) is 0. The summed E-state index contributed by atoms with van der Waals surface area (Å²) >= 11 is 0.